The summed E-state index contributed by atoms with van der Waals surface area (Å²) in [4.78, 5) is 40.2. The van der Waals surface area contributed by atoms with Gasteiger partial charge in [-0.3, -0.25) is 9.59 Å². The number of hydrogen-bond acceptors (Lipinski definition) is 5. The molecule has 0 unspecified atom stereocenters. The van der Waals surface area contributed by atoms with E-state index in [1.807, 2.05) is 0 Å². The first-order chi connectivity index (χ1) is 8.69. The molecule has 1 rings (SSSR count). The van der Waals surface area contributed by atoms with Crippen molar-refractivity contribution in [1.29, 1.82) is 0 Å². The monoisotopic (exact) mass is 267 g/mol. The first-order valence-corrected chi connectivity index (χ1v) is 5.77. The molecule has 1 atom stereocenters. The molecule has 7 nitrogen and oxygen atoms in total. The molecule has 0 bridgehead atoms. The van der Waals surface area contributed by atoms with E-state index in [2.05, 4.69) is 15.3 Å². The molecule has 19 heavy (non-hydrogen) atoms. The Morgan fingerprint density at radius 2 is 2.05 bits per heavy atom. The summed E-state index contributed by atoms with van der Waals surface area (Å²) in [5, 5.41) is 2.44. The van der Waals surface area contributed by atoms with E-state index in [0.717, 1.165) is 6.20 Å². The minimum atomic E-state index is -0.805. The van der Waals surface area contributed by atoms with Gasteiger partial charge in [0.05, 0.1) is 6.20 Å². The van der Waals surface area contributed by atoms with Crippen LogP contribution in [0, 0.1) is 0 Å². The van der Waals surface area contributed by atoms with Crippen molar-refractivity contribution < 1.29 is 14.3 Å². The van der Waals surface area contributed by atoms with Crippen LogP contribution in [-0.4, -0.2) is 33.5 Å². The van der Waals surface area contributed by atoms with Crippen LogP contribution in [0.1, 0.15) is 38.2 Å². The molecule has 2 N–H and O–H groups in total. The second-order valence-electron chi connectivity index (χ2n) is 5.02. The van der Waals surface area contributed by atoms with Crippen molar-refractivity contribution in [2.24, 2.45) is 0 Å². The third-order valence-electron chi connectivity index (χ3n) is 2.01. The highest BCUT2D eigenvalue weighted by molar-refractivity contribution is 5.94. The molecule has 1 aromatic rings. The Morgan fingerprint density at radius 3 is 2.53 bits per heavy atom. The molecular formula is C12H17N3O4. The Hall–Kier alpha value is -2.18. The number of carbonyl (C=O) groups excluding carboxylic acids is 2. The van der Waals surface area contributed by atoms with Gasteiger partial charge in [0.1, 0.15) is 17.3 Å². The number of nitrogens with one attached hydrogen (secondary N) is 2. The van der Waals surface area contributed by atoms with Crippen LogP contribution in [0.4, 0.5) is 0 Å². The van der Waals surface area contributed by atoms with E-state index in [0.29, 0.717) is 0 Å². The standard InChI is InChI=1S/C12H17N3O4/c1-7(11(18)19-12(2,3)4)15-10(17)8-5-14-9(16)6-13-8/h5-7H,1-4H3,(H,14,16)(H,15,17)/t7-/m1/s1. The number of H-pyrrole nitrogens is 1. The molecule has 0 aliphatic heterocycles. The average Bonchev–Trinajstić information content (AvgIpc) is 2.27. The van der Waals surface area contributed by atoms with Crippen LogP contribution in [0.25, 0.3) is 0 Å². The molecule has 0 spiro atoms. The second-order valence-corrected chi connectivity index (χ2v) is 5.02. The molecule has 7 heteroatoms. The summed E-state index contributed by atoms with van der Waals surface area (Å²) in [6.45, 7) is 6.73. The summed E-state index contributed by atoms with van der Waals surface area (Å²) in [7, 11) is 0. The molecule has 0 fully saturated rings. The Kier molecular flexibility index (Phi) is 4.42. The van der Waals surface area contributed by atoms with Crippen LogP contribution in [0.3, 0.4) is 0 Å². The first kappa shape index (κ1) is 14.9. The summed E-state index contributed by atoms with van der Waals surface area (Å²) in [5.74, 6) is -1.10. The molecule has 1 amide bonds. The smallest absolute Gasteiger partial charge is 0.328 e. The summed E-state index contributed by atoms with van der Waals surface area (Å²) < 4.78 is 5.12. The topological polar surface area (TPSA) is 101 Å². The van der Waals surface area contributed by atoms with E-state index in [4.69, 9.17) is 4.74 Å². The van der Waals surface area contributed by atoms with Gasteiger partial charge >= 0.3 is 5.97 Å². The van der Waals surface area contributed by atoms with Gasteiger partial charge in [-0.1, -0.05) is 0 Å². The molecular weight excluding hydrogens is 250 g/mol. The lowest BCUT2D eigenvalue weighted by Crippen LogP contribution is -2.42. The zero-order valence-corrected chi connectivity index (χ0v) is 11.3. The molecule has 0 aliphatic carbocycles. The van der Waals surface area contributed by atoms with Crippen molar-refractivity contribution in [3.8, 4) is 0 Å². The Balaban J connectivity index is 2.64. The molecule has 0 saturated heterocycles. The van der Waals surface area contributed by atoms with Crippen molar-refractivity contribution in [3.05, 3.63) is 28.4 Å². The predicted molar refractivity (Wildman–Crippen MR) is 67.6 cm³/mol. The number of aromatic nitrogens is 2. The van der Waals surface area contributed by atoms with E-state index in [-0.39, 0.29) is 5.69 Å². The highest BCUT2D eigenvalue weighted by Crippen LogP contribution is 2.08. The van der Waals surface area contributed by atoms with E-state index < -0.39 is 29.1 Å². The molecule has 0 saturated carbocycles. The fraction of sp³-hybridized carbons (Fsp3) is 0.500. The van der Waals surface area contributed by atoms with Gasteiger partial charge in [-0.05, 0) is 27.7 Å². The third kappa shape index (κ3) is 4.90. The molecule has 0 radical (unpaired) electrons. The highest BCUT2D eigenvalue weighted by Gasteiger charge is 2.23. The van der Waals surface area contributed by atoms with Gasteiger partial charge in [0.2, 0.25) is 0 Å². The number of ether oxygens (including phenoxy) is 1. The minimum Gasteiger partial charge on any atom is -0.458 e. The first-order valence-electron chi connectivity index (χ1n) is 5.77. The largest absolute Gasteiger partial charge is 0.458 e. The SMILES string of the molecule is C[C@@H](NC(=O)c1c[nH]c(=O)cn1)C(=O)OC(C)(C)C. The summed E-state index contributed by atoms with van der Waals surface area (Å²) in [6.07, 6.45) is 2.17. The van der Waals surface area contributed by atoms with Crippen LogP contribution in [0.2, 0.25) is 0 Å². The quantitative estimate of drug-likeness (QED) is 0.763. The Bertz CT molecular complexity index is 510. The van der Waals surface area contributed by atoms with E-state index in [1.54, 1.807) is 20.8 Å². The Morgan fingerprint density at radius 1 is 1.42 bits per heavy atom. The van der Waals surface area contributed by atoms with Gasteiger partial charge in [-0.25, -0.2) is 9.78 Å². The molecule has 0 aliphatic rings. The molecule has 0 aromatic carbocycles. The third-order valence-corrected chi connectivity index (χ3v) is 2.01. The molecule has 1 aromatic heterocycles. The maximum absolute atomic E-state index is 11.7. The number of amides is 1. The number of esters is 1. The number of hydrogen-bond donors (Lipinski definition) is 2. The van der Waals surface area contributed by atoms with Gasteiger partial charge < -0.3 is 15.0 Å². The lowest BCUT2D eigenvalue weighted by molar-refractivity contribution is -0.156. The lowest BCUT2D eigenvalue weighted by atomic mass is 10.2. The molecule has 104 valence electrons. The van der Waals surface area contributed by atoms with Crippen molar-refractivity contribution >= 4 is 11.9 Å². The predicted octanol–water partition coefficient (Wildman–Crippen LogP) is 0.230. The number of rotatable bonds is 3. The van der Waals surface area contributed by atoms with Gasteiger partial charge in [-0.15, -0.1) is 0 Å². The summed E-state index contributed by atoms with van der Waals surface area (Å²) in [5.41, 5.74) is -1.00. The summed E-state index contributed by atoms with van der Waals surface area (Å²) >= 11 is 0. The maximum atomic E-state index is 11.7. The van der Waals surface area contributed by atoms with E-state index >= 15 is 0 Å². The Labute approximate surface area is 110 Å². The van der Waals surface area contributed by atoms with Gasteiger partial charge in [0, 0.05) is 6.20 Å². The maximum Gasteiger partial charge on any atom is 0.328 e. The van der Waals surface area contributed by atoms with Crippen LogP contribution in [0.15, 0.2) is 17.2 Å². The average molecular weight is 267 g/mol. The number of aromatic amines is 1. The lowest BCUT2D eigenvalue weighted by Gasteiger charge is -2.22. The van der Waals surface area contributed by atoms with Gasteiger partial charge in [0.25, 0.3) is 11.5 Å². The van der Waals surface area contributed by atoms with Crippen LogP contribution in [-0.2, 0) is 9.53 Å². The fourth-order valence-corrected chi connectivity index (χ4v) is 1.19. The van der Waals surface area contributed by atoms with Crippen LogP contribution < -0.4 is 10.9 Å². The normalized spacial score (nSPS) is 12.6. The summed E-state index contributed by atoms with van der Waals surface area (Å²) in [6, 6.07) is -0.805. The van der Waals surface area contributed by atoms with Crippen molar-refractivity contribution in [2.75, 3.05) is 0 Å². The van der Waals surface area contributed by atoms with Gasteiger partial charge in [0.15, 0.2) is 0 Å². The van der Waals surface area contributed by atoms with Gasteiger partial charge in [-0.2, -0.15) is 0 Å². The van der Waals surface area contributed by atoms with E-state index in [9.17, 15) is 14.4 Å². The number of nitrogens with zero attached hydrogens (tertiary/aromatic N) is 1. The fourth-order valence-electron chi connectivity index (χ4n) is 1.19. The van der Waals surface area contributed by atoms with Crippen molar-refractivity contribution in [1.82, 2.24) is 15.3 Å². The second kappa shape index (κ2) is 5.64. The van der Waals surface area contributed by atoms with Crippen molar-refractivity contribution in [2.45, 2.75) is 39.3 Å². The van der Waals surface area contributed by atoms with Crippen LogP contribution in [0.5, 0.6) is 0 Å². The molecule has 1 heterocycles. The minimum absolute atomic E-state index is 0.0232. The van der Waals surface area contributed by atoms with E-state index in [1.165, 1.54) is 13.1 Å². The number of carbonyl (C=O) groups is 2. The zero-order valence-electron chi connectivity index (χ0n) is 11.3. The zero-order chi connectivity index (χ0) is 14.6. The highest BCUT2D eigenvalue weighted by atomic mass is 16.6. The van der Waals surface area contributed by atoms with Crippen LogP contribution >= 0.6 is 0 Å². The van der Waals surface area contributed by atoms with Crippen molar-refractivity contribution in [3.63, 3.8) is 0 Å².